The first-order valence-corrected chi connectivity index (χ1v) is 9.63. The number of nitrogens with zero attached hydrogens (tertiary/aromatic N) is 2. The van der Waals surface area contributed by atoms with Crippen LogP contribution in [0.25, 0.3) is 10.9 Å². The molecule has 6 nitrogen and oxygen atoms in total. The van der Waals surface area contributed by atoms with Gasteiger partial charge >= 0.3 is 0 Å². The summed E-state index contributed by atoms with van der Waals surface area (Å²) >= 11 is 6.06. The third kappa shape index (κ3) is 4.36. The van der Waals surface area contributed by atoms with Crippen molar-refractivity contribution in [3.63, 3.8) is 0 Å². The Hall–Kier alpha value is -3.84. The standard InChI is InChI=1S/C23H15ClFN3O3/c24-15-4-5-20-18(10-15)23(31)19(22(30)14-6-8-26-9-7-14)12-28(20)13-21(29)27-17-3-1-2-16(25)11-17/h1-12H,13H2,(H,27,29). The van der Waals surface area contributed by atoms with Crippen LogP contribution in [0, 0.1) is 5.82 Å². The van der Waals surface area contributed by atoms with Crippen LogP contribution in [0.2, 0.25) is 5.02 Å². The number of anilines is 1. The van der Waals surface area contributed by atoms with Crippen molar-refractivity contribution >= 4 is 39.9 Å². The minimum Gasteiger partial charge on any atom is -0.337 e. The number of rotatable bonds is 5. The maximum Gasteiger partial charge on any atom is 0.244 e. The van der Waals surface area contributed by atoms with E-state index in [9.17, 15) is 18.8 Å². The van der Waals surface area contributed by atoms with E-state index in [1.54, 1.807) is 18.2 Å². The first kappa shape index (κ1) is 20.4. The number of pyridine rings is 2. The van der Waals surface area contributed by atoms with Crippen molar-refractivity contribution in [3.8, 4) is 0 Å². The molecule has 0 radical (unpaired) electrons. The van der Waals surface area contributed by atoms with E-state index in [-0.39, 0.29) is 17.5 Å². The highest BCUT2D eigenvalue weighted by molar-refractivity contribution is 6.31. The van der Waals surface area contributed by atoms with Crippen molar-refractivity contribution in [2.45, 2.75) is 6.54 Å². The second-order valence-electron chi connectivity index (χ2n) is 6.78. The van der Waals surface area contributed by atoms with Crippen molar-refractivity contribution in [2.24, 2.45) is 0 Å². The minimum atomic E-state index is -0.492. The van der Waals surface area contributed by atoms with Gasteiger partial charge in [0.1, 0.15) is 12.4 Å². The molecule has 154 valence electrons. The van der Waals surface area contributed by atoms with Crippen molar-refractivity contribution < 1.29 is 14.0 Å². The fourth-order valence-corrected chi connectivity index (χ4v) is 3.41. The summed E-state index contributed by atoms with van der Waals surface area (Å²) in [5, 5.41) is 3.15. The molecule has 2 aromatic heterocycles. The minimum absolute atomic E-state index is 0.0977. The summed E-state index contributed by atoms with van der Waals surface area (Å²) in [6.07, 6.45) is 4.26. The van der Waals surface area contributed by atoms with Crippen LogP contribution in [0.15, 0.2) is 78.0 Å². The van der Waals surface area contributed by atoms with E-state index in [1.165, 1.54) is 59.6 Å². The summed E-state index contributed by atoms with van der Waals surface area (Å²) < 4.78 is 14.9. The zero-order valence-electron chi connectivity index (χ0n) is 16.0. The highest BCUT2D eigenvalue weighted by atomic mass is 35.5. The zero-order chi connectivity index (χ0) is 22.0. The quantitative estimate of drug-likeness (QED) is 0.479. The Morgan fingerprint density at radius 1 is 1.06 bits per heavy atom. The average molecular weight is 436 g/mol. The lowest BCUT2D eigenvalue weighted by Gasteiger charge is -2.14. The molecule has 31 heavy (non-hydrogen) atoms. The maximum atomic E-state index is 13.4. The van der Waals surface area contributed by atoms with Crippen LogP contribution in [0.4, 0.5) is 10.1 Å². The van der Waals surface area contributed by atoms with Crippen LogP contribution in [0.3, 0.4) is 0 Å². The number of hydrogen-bond donors (Lipinski definition) is 1. The first-order valence-electron chi connectivity index (χ1n) is 9.25. The molecule has 0 saturated heterocycles. The molecule has 8 heteroatoms. The van der Waals surface area contributed by atoms with Crippen molar-refractivity contribution in [3.05, 3.63) is 105 Å². The highest BCUT2D eigenvalue weighted by Crippen LogP contribution is 2.19. The summed E-state index contributed by atoms with van der Waals surface area (Å²) in [4.78, 5) is 42.4. The van der Waals surface area contributed by atoms with E-state index in [4.69, 9.17) is 11.6 Å². The Bertz CT molecular complexity index is 1370. The first-order chi connectivity index (χ1) is 14.9. The molecule has 4 rings (SSSR count). The van der Waals surface area contributed by atoms with Gasteiger partial charge < -0.3 is 9.88 Å². The Kier molecular flexibility index (Phi) is 5.60. The lowest BCUT2D eigenvalue weighted by atomic mass is 10.0. The zero-order valence-corrected chi connectivity index (χ0v) is 16.8. The van der Waals surface area contributed by atoms with Gasteiger partial charge in [0.25, 0.3) is 0 Å². The number of carbonyl (C=O) groups excluding carboxylic acids is 2. The smallest absolute Gasteiger partial charge is 0.244 e. The number of fused-ring (bicyclic) bond motifs is 1. The molecule has 0 aliphatic carbocycles. The van der Waals surface area contributed by atoms with Gasteiger partial charge in [-0.2, -0.15) is 0 Å². The van der Waals surface area contributed by atoms with Gasteiger partial charge in [-0.05, 0) is 48.5 Å². The summed E-state index contributed by atoms with van der Waals surface area (Å²) in [5.41, 5.74) is 0.450. The van der Waals surface area contributed by atoms with E-state index in [2.05, 4.69) is 10.3 Å². The average Bonchev–Trinajstić information content (AvgIpc) is 2.76. The van der Waals surface area contributed by atoms with E-state index in [0.717, 1.165) is 0 Å². The molecule has 0 saturated carbocycles. The number of carbonyl (C=O) groups is 2. The lowest BCUT2D eigenvalue weighted by molar-refractivity contribution is -0.116. The Morgan fingerprint density at radius 2 is 1.84 bits per heavy atom. The summed E-state index contributed by atoms with van der Waals surface area (Å²) in [7, 11) is 0. The van der Waals surface area contributed by atoms with E-state index >= 15 is 0 Å². The van der Waals surface area contributed by atoms with Gasteiger partial charge in [0.2, 0.25) is 11.3 Å². The molecule has 0 atom stereocenters. The molecule has 1 amide bonds. The van der Waals surface area contributed by atoms with Gasteiger partial charge in [-0.3, -0.25) is 19.4 Å². The van der Waals surface area contributed by atoms with Gasteiger partial charge in [0.05, 0.1) is 11.1 Å². The van der Waals surface area contributed by atoms with Crippen molar-refractivity contribution in [1.82, 2.24) is 9.55 Å². The molecule has 2 heterocycles. The molecule has 0 aliphatic rings. The van der Waals surface area contributed by atoms with Crippen LogP contribution >= 0.6 is 11.6 Å². The van der Waals surface area contributed by atoms with Crippen LogP contribution in [-0.4, -0.2) is 21.2 Å². The molecule has 0 spiro atoms. The predicted octanol–water partition coefficient (Wildman–Crippen LogP) is 4.06. The fourth-order valence-electron chi connectivity index (χ4n) is 3.24. The van der Waals surface area contributed by atoms with Gasteiger partial charge in [-0.15, -0.1) is 0 Å². The number of nitrogens with one attached hydrogen (secondary N) is 1. The number of amides is 1. The van der Waals surface area contributed by atoms with E-state index in [0.29, 0.717) is 21.8 Å². The normalized spacial score (nSPS) is 10.8. The largest absolute Gasteiger partial charge is 0.337 e. The maximum absolute atomic E-state index is 13.4. The Morgan fingerprint density at radius 3 is 2.58 bits per heavy atom. The number of halogens is 2. The second-order valence-corrected chi connectivity index (χ2v) is 7.22. The molecule has 2 aromatic carbocycles. The number of hydrogen-bond acceptors (Lipinski definition) is 4. The van der Waals surface area contributed by atoms with Crippen LogP contribution in [0.1, 0.15) is 15.9 Å². The van der Waals surface area contributed by atoms with Crippen molar-refractivity contribution in [1.29, 1.82) is 0 Å². The van der Waals surface area contributed by atoms with Crippen LogP contribution in [-0.2, 0) is 11.3 Å². The predicted molar refractivity (Wildman–Crippen MR) is 116 cm³/mol. The molecule has 0 bridgehead atoms. The molecule has 0 fully saturated rings. The van der Waals surface area contributed by atoms with Gasteiger partial charge in [0.15, 0.2) is 5.78 Å². The topological polar surface area (TPSA) is 81.1 Å². The second kappa shape index (κ2) is 8.49. The highest BCUT2D eigenvalue weighted by Gasteiger charge is 2.18. The molecule has 4 aromatic rings. The Balaban J connectivity index is 1.77. The van der Waals surface area contributed by atoms with Gasteiger partial charge in [-0.1, -0.05) is 17.7 Å². The van der Waals surface area contributed by atoms with Crippen LogP contribution < -0.4 is 10.7 Å². The Labute approximate surface area is 180 Å². The van der Waals surface area contributed by atoms with Crippen LogP contribution in [0.5, 0.6) is 0 Å². The van der Waals surface area contributed by atoms with E-state index < -0.39 is 22.9 Å². The third-order valence-electron chi connectivity index (χ3n) is 4.65. The molecule has 0 aliphatic heterocycles. The molecule has 0 unspecified atom stereocenters. The van der Waals surface area contributed by atoms with Crippen molar-refractivity contribution in [2.75, 3.05) is 5.32 Å². The monoisotopic (exact) mass is 435 g/mol. The summed E-state index contributed by atoms with van der Waals surface area (Å²) in [6, 6.07) is 13.2. The van der Waals surface area contributed by atoms with Gasteiger partial charge in [-0.25, -0.2) is 4.39 Å². The fraction of sp³-hybridized carbons (Fsp3) is 0.0435. The van der Waals surface area contributed by atoms with Gasteiger partial charge in [0, 0.05) is 40.3 Å². The van der Waals surface area contributed by atoms with E-state index in [1.807, 2.05) is 0 Å². The molecule has 1 N–H and O–H groups in total. The number of ketones is 1. The summed E-state index contributed by atoms with van der Waals surface area (Å²) in [5.74, 6) is -1.42. The number of aromatic nitrogens is 2. The lowest BCUT2D eigenvalue weighted by Crippen LogP contribution is -2.24. The third-order valence-corrected chi connectivity index (χ3v) is 4.89. The number of benzene rings is 2. The molecular formula is C23H15ClFN3O3. The molecular weight excluding hydrogens is 421 g/mol. The SMILES string of the molecule is O=C(Cn1cc(C(=O)c2ccncc2)c(=O)c2cc(Cl)ccc21)Nc1cccc(F)c1. The summed E-state index contributed by atoms with van der Waals surface area (Å²) in [6.45, 7) is -0.203.